The number of hydrogen-bond acceptors (Lipinski definition) is 5. The van der Waals surface area contributed by atoms with Gasteiger partial charge < -0.3 is 10.1 Å². The lowest BCUT2D eigenvalue weighted by Gasteiger charge is -2.14. The van der Waals surface area contributed by atoms with E-state index in [4.69, 9.17) is 4.74 Å². The van der Waals surface area contributed by atoms with Crippen molar-refractivity contribution in [3.8, 4) is 0 Å². The zero-order chi connectivity index (χ0) is 14.4. The van der Waals surface area contributed by atoms with Crippen molar-refractivity contribution in [2.45, 2.75) is 19.5 Å². The van der Waals surface area contributed by atoms with E-state index in [0.29, 0.717) is 13.2 Å². The van der Waals surface area contributed by atoms with Crippen LogP contribution in [0.15, 0.2) is 28.7 Å². The molecule has 1 atom stereocenters. The summed E-state index contributed by atoms with van der Waals surface area (Å²) in [4.78, 5) is 0. The molecule has 1 aromatic carbocycles. The van der Waals surface area contributed by atoms with E-state index in [1.165, 1.54) is 0 Å². The van der Waals surface area contributed by atoms with Crippen LogP contribution in [0, 0.1) is 0 Å². The molecule has 0 saturated carbocycles. The van der Waals surface area contributed by atoms with E-state index in [0.717, 1.165) is 22.4 Å². The molecule has 1 aromatic heterocycles. The number of benzene rings is 1. The quantitative estimate of drug-likeness (QED) is 0.779. The van der Waals surface area contributed by atoms with E-state index in [1.54, 1.807) is 7.11 Å². The number of rotatable bonds is 7. The van der Waals surface area contributed by atoms with E-state index >= 15 is 0 Å². The Balaban J connectivity index is 2.07. The molecule has 2 aromatic rings. The number of halogens is 1. The SMILES string of the molecule is COCCNCc1nnnn1C(C)c1cccc(Br)c1. The molecule has 0 aliphatic heterocycles. The minimum Gasteiger partial charge on any atom is -0.383 e. The molecule has 1 N–H and O–H groups in total. The average molecular weight is 340 g/mol. The third kappa shape index (κ3) is 3.84. The van der Waals surface area contributed by atoms with Crippen molar-refractivity contribution in [3.05, 3.63) is 40.1 Å². The first kappa shape index (κ1) is 15.1. The molecule has 0 bridgehead atoms. The minimum atomic E-state index is 0.0849. The minimum absolute atomic E-state index is 0.0849. The number of ether oxygens (including phenoxy) is 1. The molecule has 0 amide bonds. The zero-order valence-electron chi connectivity index (χ0n) is 11.6. The summed E-state index contributed by atoms with van der Waals surface area (Å²) in [6, 6.07) is 8.25. The number of nitrogens with one attached hydrogen (secondary N) is 1. The summed E-state index contributed by atoms with van der Waals surface area (Å²) in [5.41, 5.74) is 1.16. The summed E-state index contributed by atoms with van der Waals surface area (Å²) in [7, 11) is 1.68. The molecular formula is C13H18BrN5O. The fraction of sp³-hybridized carbons (Fsp3) is 0.462. The van der Waals surface area contributed by atoms with Crippen molar-refractivity contribution < 1.29 is 4.74 Å². The van der Waals surface area contributed by atoms with Crippen LogP contribution in [0.4, 0.5) is 0 Å². The third-order valence-corrected chi connectivity index (χ3v) is 3.52. The molecule has 0 saturated heterocycles. The van der Waals surface area contributed by atoms with E-state index in [2.05, 4.69) is 55.8 Å². The van der Waals surface area contributed by atoms with Crippen LogP contribution in [-0.2, 0) is 11.3 Å². The van der Waals surface area contributed by atoms with Crippen LogP contribution >= 0.6 is 15.9 Å². The van der Waals surface area contributed by atoms with Gasteiger partial charge in [-0.2, -0.15) is 0 Å². The molecule has 1 unspecified atom stereocenters. The smallest absolute Gasteiger partial charge is 0.165 e. The first-order valence-electron chi connectivity index (χ1n) is 6.44. The summed E-state index contributed by atoms with van der Waals surface area (Å²) < 4.78 is 7.88. The Morgan fingerprint density at radius 1 is 1.45 bits per heavy atom. The van der Waals surface area contributed by atoms with Gasteiger partial charge in [0.25, 0.3) is 0 Å². The normalized spacial score (nSPS) is 12.6. The number of aromatic nitrogens is 4. The molecule has 2 rings (SSSR count). The van der Waals surface area contributed by atoms with E-state index < -0.39 is 0 Å². The number of hydrogen-bond donors (Lipinski definition) is 1. The van der Waals surface area contributed by atoms with E-state index in [1.807, 2.05) is 16.8 Å². The summed E-state index contributed by atoms with van der Waals surface area (Å²) in [5, 5.41) is 15.2. The second kappa shape index (κ2) is 7.47. The molecule has 1 heterocycles. The largest absolute Gasteiger partial charge is 0.383 e. The Labute approximate surface area is 126 Å². The van der Waals surface area contributed by atoms with Gasteiger partial charge in [0.2, 0.25) is 0 Å². The fourth-order valence-electron chi connectivity index (χ4n) is 1.91. The van der Waals surface area contributed by atoms with Crippen molar-refractivity contribution in [1.82, 2.24) is 25.5 Å². The Bertz CT molecular complexity index is 545. The van der Waals surface area contributed by atoms with E-state index in [9.17, 15) is 0 Å². The first-order valence-corrected chi connectivity index (χ1v) is 7.23. The van der Waals surface area contributed by atoms with Gasteiger partial charge in [-0.25, -0.2) is 4.68 Å². The molecule has 7 heteroatoms. The lowest BCUT2D eigenvalue weighted by Crippen LogP contribution is -2.22. The molecule has 0 aliphatic carbocycles. The molecule has 6 nitrogen and oxygen atoms in total. The van der Waals surface area contributed by atoms with Crippen molar-refractivity contribution in [2.75, 3.05) is 20.3 Å². The van der Waals surface area contributed by atoms with Gasteiger partial charge in [-0.1, -0.05) is 28.1 Å². The summed E-state index contributed by atoms with van der Waals surface area (Å²) in [5.74, 6) is 0.813. The Hall–Kier alpha value is -1.31. The van der Waals surface area contributed by atoms with Crippen LogP contribution in [0.5, 0.6) is 0 Å². The fourth-order valence-corrected chi connectivity index (χ4v) is 2.33. The Morgan fingerprint density at radius 3 is 3.05 bits per heavy atom. The summed E-state index contributed by atoms with van der Waals surface area (Å²) >= 11 is 3.48. The predicted molar refractivity (Wildman–Crippen MR) is 79.4 cm³/mol. The van der Waals surface area contributed by atoms with Gasteiger partial charge in [0.15, 0.2) is 5.82 Å². The maximum absolute atomic E-state index is 5.00. The summed E-state index contributed by atoms with van der Waals surface area (Å²) in [6.45, 7) is 4.14. The predicted octanol–water partition coefficient (Wildman–Crippen LogP) is 1.78. The number of methoxy groups -OCH3 is 1. The first-order chi connectivity index (χ1) is 9.72. The van der Waals surface area contributed by atoms with Gasteiger partial charge in [-0.05, 0) is 35.0 Å². The highest BCUT2D eigenvalue weighted by atomic mass is 79.9. The van der Waals surface area contributed by atoms with Crippen molar-refractivity contribution in [1.29, 1.82) is 0 Å². The van der Waals surface area contributed by atoms with Gasteiger partial charge in [0.05, 0.1) is 19.2 Å². The topological polar surface area (TPSA) is 64.9 Å². The van der Waals surface area contributed by atoms with Crippen LogP contribution in [0.25, 0.3) is 0 Å². The maximum Gasteiger partial charge on any atom is 0.165 e. The molecule has 0 radical (unpaired) electrons. The monoisotopic (exact) mass is 339 g/mol. The van der Waals surface area contributed by atoms with Gasteiger partial charge in [0, 0.05) is 18.1 Å². The maximum atomic E-state index is 5.00. The number of tetrazole rings is 1. The third-order valence-electron chi connectivity index (χ3n) is 3.02. The highest BCUT2D eigenvalue weighted by molar-refractivity contribution is 9.10. The second-order valence-electron chi connectivity index (χ2n) is 4.44. The average Bonchev–Trinajstić information content (AvgIpc) is 2.91. The van der Waals surface area contributed by atoms with E-state index in [-0.39, 0.29) is 6.04 Å². The van der Waals surface area contributed by atoms with Gasteiger partial charge in [-0.15, -0.1) is 5.10 Å². The van der Waals surface area contributed by atoms with Crippen LogP contribution in [0.3, 0.4) is 0 Å². The van der Waals surface area contributed by atoms with Gasteiger partial charge in [0.1, 0.15) is 0 Å². The molecular weight excluding hydrogens is 322 g/mol. The van der Waals surface area contributed by atoms with Crippen molar-refractivity contribution in [3.63, 3.8) is 0 Å². The zero-order valence-corrected chi connectivity index (χ0v) is 13.2. The highest BCUT2D eigenvalue weighted by Gasteiger charge is 2.14. The van der Waals surface area contributed by atoms with Crippen molar-refractivity contribution >= 4 is 15.9 Å². The molecule has 20 heavy (non-hydrogen) atoms. The molecule has 0 spiro atoms. The van der Waals surface area contributed by atoms with Crippen LogP contribution in [-0.4, -0.2) is 40.5 Å². The standard InChI is InChI=1S/C13H18BrN5O/c1-10(11-4-3-5-12(14)8-11)19-13(16-17-18-19)9-15-6-7-20-2/h3-5,8,10,15H,6-7,9H2,1-2H3. The van der Waals surface area contributed by atoms with Crippen LogP contribution in [0.2, 0.25) is 0 Å². The molecule has 108 valence electrons. The Morgan fingerprint density at radius 2 is 2.30 bits per heavy atom. The second-order valence-corrected chi connectivity index (χ2v) is 5.36. The lowest BCUT2D eigenvalue weighted by atomic mass is 10.1. The van der Waals surface area contributed by atoms with Crippen LogP contribution in [0.1, 0.15) is 24.4 Å². The Kier molecular flexibility index (Phi) is 5.63. The number of nitrogens with zero attached hydrogens (tertiary/aromatic N) is 4. The van der Waals surface area contributed by atoms with Gasteiger partial charge in [-0.3, -0.25) is 0 Å². The van der Waals surface area contributed by atoms with Gasteiger partial charge >= 0.3 is 0 Å². The summed E-state index contributed by atoms with van der Waals surface area (Å²) in [6.07, 6.45) is 0. The van der Waals surface area contributed by atoms with Crippen LogP contribution < -0.4 is 5.32 Å². The molecule has 0 fully saturated rings. The highest BCUT2D eigenvalue weighted by Crippen LogP contribution is 2.21. The molecule has 0 aliphatic rings. The van der Waals surface area contributed by atoms with Crippen molar-refractivity contribution in [2.24, 2.45) is 0 Å². The lowest BCUT2D eigenvalue weighted by molar-refractivity contribution is 0.198.